The quantitative estimate of drug-likeness (QED) is 0.770. The van der Waals surface area contributed by atoms with Crippen LogP contribution in [-0.2, 0) is 6.42 Å². The first-order valence-corrected chi connectivity index (χ1v) is 4.65. The predicted molar refractivity (Wildman–Crippen MR) is 56.4 cm³/mol. The molecule has 0 aliphatic carbocycles. The average Bonchev–Trinajstić information content (AvgIpc) is 2.60. The van der Waals surface area contributed by atoms with Crippen molar-refractivity contribution in [1.29, 1.82) is 0 Å². The van der Waals surface area contributed by atoms with Crippen LogP contribution in [0.3, 0.4) is 0 Å². The SMILES string of the molecule is CCc1c(N)noc1-c1c[nH]ccc1=O. The predicted octanol–water partition coefficient (Wildman–Crippen LogP) is 1.17. The maximum atomic E-state index is 11.5. The Morgan fingerprint density at radius 3 is 3.07 bits per heavy atom. The smallest absolute Gasteiger partial charge is 0.192 e. The molecule has 0 amide bonds. The van der Waals surface area contributed by atoms with Gasteiger partial charge in [-0.05, 0) is 6.42 Å². The lowest BCUT2D eigenvalue weighted by Gasteiger charge is -1.97. The third kappa shape index (κ3) is 1.52. The van der Waals surface area contributed by atoms with E-state index in [2.05, 4.69) is 10.1 Å². The van der Waals surface area contributed by atoms with Crippen molar-refractivity contribution in [2.24, 2.45) is 0 Å². The highest BCUT2D eigenvalue weighted by molar-refractivity contribution is 5.64. The normalized spacial score (nSPS) is 10.5. The number of nitrogens with two attached hydrogens (primary N) is 1. The lowest BCUT2D eigenvalue weighted by Crippen LogP contribution is -2.03. The molecule has 0 bridgehead atoms. The zero-order valence-electron chi connectivity index (χ0n) is 8.28. The van der Waals surface area contributed by atoms with E-state index < -0.39 is 0 Å². The fourth-order valence-corrected chi connectivity index (χ4v) is 1.47. The number of nitrogens with zero attached hydrogens (tertiary/aromatic N) is 1. The molecular weight excluding hydrogens is 194 g/mol. The van der Waals surface area contributed by atoms with Crippen LogP contribution in [-0.4, -0.2) is 10.1 Å². The number of hydrogen-bond donors (Lipinski definition) is 2. The highest BCUT2D eigenvalue weighted by atomic mass is 16.5. The molecule has 0 unspecified atom stereocenters. The molecule has 0 aliphatic rings. The Morgan fingerprint density at radius 1 is 1.60 bits per heavy atom. The lowest BCUT2D eigenvalue weighted by molar-refractivity contribution is 0.434. The highest BCUT2D eigenvalue weighted by Gasteiger charge is 2.15. The lowest BCUT2D eigenvalue weighted by atomic mass is 10.1. The van der Waals surface area contributed by atoms with Gasteiger partial charge < -0.3 is 15.2 Å². The van der Waals surface area contributed by atoms with Crippen LogP contribution in [0.15, 0.2) is 27.8 Å². The number of rotatable bonds is 2. The first-order valence-electron chi connectivity index (χ1n) is 4.65. The van der Waals surface area contributed by atoms with Crippen LogP contribution < -0.4 is 11.2 Å². The van der Waals surface area contributed by atoms with Gasteiger partial charge in [0, 0.05) is 24.0 Å². The summed E-state index contributed by atoms with van der Waals surface area (Å²) in [5.41, 5.74) is 6.74. The molecule has 5 heteroatoms. The highest BCUT2D eigenvalue weighted by Crippen LogP contribution is 2.25. The van der Waals surface area contributed by atoms with E-state index in [0.29, 0.717) is 23.6 Å². The molecule has 15 heavy (non-hydrogen) atoms. The van der Waals surface area contributed by atoms with Gasteiger partial charge in [-0.1, -0.05) is 12.1 Å². The maximum absolute atomic E-state index is 11.5. The molecule has 78 valence electrons. The van der Waals surface area contributed by atoms with Gasteiger partial charge in [-0.2, -0.15) is 0 Å². The van der Waals surface area contributed by atoms with Crippen LogP contribution in [0, 0.1) is 0 Å². The standard InChI is InChI=1S/C10H11N3O2/c1-2-6-9(15-13-10(6)11)7-5-12-4-3-8(7)14/h3-5H,2H2,1H3,(H2,11,13)(H,12,14). The van der Waals surface area contributed by atoms with Crippen molar-refractivity contribution < 1.29 is 4.52 Å². The number of aromatic nitrogens is 2. The Kier molecular flexibility index (Phi) is 2.29. The van der Waals surface area contributed by atoms with E-state index in [1.54, 1.807) is 12.4 Å². The molecule has 2 heterocycles. The zero-order valence-corrected chi connectivity index (χ0v) is 8.28. The molecule has 5 nitrogen and oxygen atoms in total. The van der Waals surface area contributed by atoms with E-state index in [0.717, 1.165) is 5.56 Å². The molecule has 0 saturated heterocycles. The van der Waals surface area contributed by atoms with E-state index in [1.165, 1.54) is 6.07 Å². The molecule has 0 aliphatic heterocycles. The summed E-state index contributed by atoms with van der Waals surface area (Å²) in [6.07, 6.45) is 3.83. The van der Waals surface area contributed by atoms with Gasteiger partial charge in [0.1, 0.15) is 0 Å². The molecule has 0 spiro atoms. The molecular formula is C10H11N3O2. The number of H-pyrrole nitrogens is 1. The van der Waals surface area contributed by atoms with Crippen molar-refractivity contribution in [3.05, 3.63) is 34.2 Å². The van der Waals surface area contributed by atoms with Gasteiger partial charge in [0.25, 0.3) is 0 Å². The third-order valence-corrected chi connectivity index (χ3v) is 2.24. The van der Waals surface area contributed by atoms with Crippen molar-refractivity contribution in [2.45, 2.75) is 13.3 Å². The average molecular weight is 205 g/mol. The maximum Gasteiger partial charge on any atom is 0.192 e. The molecule has 3 N–H and O–H groups in total. The van der Waals surface area contributed by atoms with Crippen molar-refractivity contribution in [3.8, 4) is 11.3 Å². The molecule has 0 radical (unpaired) electrons. The Labute approximate surface area is 85.9 Å². The number of aromatic amines is 1. The summed E-state index contributed by atoms with van der Waals surface area (Å²) in [7, 11) is 0. The number of nitrogens with one attached hydrogen (secondary N) is 1. The summed E-state index contributed by atoms with van der Waals surface area (Å²) in [5.74, 6) is 0.799. The van der Waals surface area contributed by atoms with Gasteiger partial charge in [-0.3, -0.25) is 4.79 Å². The van der Waals surface area contributed by atoms with Gasteiger partial charge >= 0.3 is 0 Å². The Bertz CT molecular complexity index is 527. The van der Waals surface area contributed by atoms with Crippen molar-refractivity contribution >= 4 is 5.82 Å². The van der Waals surface area contributed by atoms with Gasteiger partial charge in [0.05, 0.1) is 5.56 Å². The van der Waals surface area contributed by atoms with E-state index >= 15 is 0 Å². The van der Waals surface area contributed by atoms with Crippen molar-refractivity contribution in [2.75, 3.05) is 5.73 Å². The fraction of sp³-hybridized carbons (Fsp3) is 0.200. The summed E-state index contributed by atoms with van der Waals surface area (Å²) in [5, 5.41) is 3.65. The monoisotopic (exact) mass is 205 g/mol. The Hall–Kier alpha value is -2.04. The van der Waals surface area contributed by atoms with Crippen LogP contribution in [0.5, 0.6) is 0 Å². The van der Waals surface area contributed by atoms with Gasteiger partial charge in [0.15, 0.2) is 17.0 Å². The number of nitrogen functional groups attached to an aromatic ring is 1. The molecule has 0 fully saturated rings. The molecule has 2 rings (SSSR count). The minimum atomic E-state index is -0.111. The Balaban J connectivity index is 2.64. The zero-order chi connectivity index (χ0) is 10.8. The molecule has 0 atom stereocenters. The molecule has 2 aromatic rings. The van der Waals surface area contributed by atoms with Crippen LogP contribution in [0.1, 0.15) is 12.5 Å². The second-order valence-electron chi connectivity index (χ2n) is 3.15. The second kappa shape index (κ2) is 3.61. The Morgan fingerprint density at radius 2 is 2.40 bits per heavy atom. The molecule has 0 aromatic carbocycles. The fourth-order valence-electron chi connectivity index (χ4n) is 1.47. The third-order valence-electron chi connectivity index (χ3n) is 2.24. The molecule has 2 aromatic heterocycles. The van der Waals surface area contributed by atoms with Crippen LogP contribution in [0.25, 0.3) is 11.3 Å². The first kappa shape index (κ1) is 9.51. The van der Waals surface area contributed by atoms with E-state index in [1.807, 2.05) is 6.92 Å². The number of pyridine rings is 1. The summed E-state index contributed by atoms with van der Waals surface area (Å²) < 4.78 is 5.06. The summed E-state index contributed by atoms with van der Waals surface area (Å²) in [4.78, 5) is 14.4. The van der Waals surface area contributed by atoms with Crippen molar-refractivity contribution in [3.63, 3.8) is 0 Å². The summed E-state index contributed by atoms with van der Waals surface area (Å²) in [6, 6.07) is 1.44. The van der Waals surface area contributed by atoms with E-state index in [4.69, 9.17) is 10.3 Å². The van der Waals surface area contributed by atoms with Crippen LogP contribution in [0.2, 0.25) is 0 Å². The number of hydrogen-bond acceptors (Lipinski definition) is 4. The van der Waals surface area contributed by atoms with Gasteiger partial charge in [-0.15, -0.1) is 0 Å². The van der Waals surface area contributed by atoms with E-state index in [-0.39, 0.29) is 5.43 Å². The topological polar surface area (TPSA) is 84.9 Å². The number of anilines is 1. The van der Waals surface area contributed by atoms with Crippen LogP contribution >= 0.6 is 0 Å². The minimum Gasteiger partial charge on any atom is -0.381 e. The second-order valence-corrected chi connectivity index (χ2v) is 3.15. The first-order chi connectivity index (χ1) is 7.24. The molecule has 0 saturated carbocycles. The van der Waals surface area contributed by atoms with Crippen LogP contribution in [0.4, 0.5) is 5.82 Å². The largest absolute Gasteiger partial charge is 0.381 e. The minimum absolute atomic E-state index is 0.111. The summed E-state index contributed by atoms with van der Waals surface area (Å²) >= 11 is 0. The van der Waals surface area contributed by atoms with Crippen molar-refractivity contribution in [1.82, 2.24) is 10.1 Å². The van der Waals surface area contributed by atoms with Gasteiger partial charge in [0.2, 0.25) is 0 Å². The van der Waals surface area contributed by atoms with Gasteiger partial charge in [-0.25, -0.2) is 0 Å². The summed E-state index contributed by atoms with van der Waals surface area (Å²) in [6.45, 7) is 1.93. The van der Waals surface area contributed by atoms with E-state index in [9.17, 15) is 4.79 Å².